The molecule has 4 aromatic heterocycles. The predicted octanol–water partition coefficient (Wildman–Crippen LogP) is -3.57. The van der Waals surface area contributed by atoms with Crippen molar-refractivity contribution in [2.45, 2.75) is 69.0 Å². The number of nitrogens with zero attached hydrogens (tertiary/aromatic N) is 6. The van der Waals surface area contributed by atoms with Gasteiger partial charge >= 0.3 is 42.6 Å². The van der Waals surface area contributed by atoms with Crippen molar-refractivity contribution < 1.29 is 98.5 Å². The predicted molar refractivity (Wildman–Crippen MR) is 192 cm³/mol. The average Bonchev–Trinajstić information content (AvgIpc) is 3.78. The van der Waals surface area contributed by atoms with Crippen LogP contribution in [0.1, 0.15) is 26.3 Å². The highest BCUT2D eigenvalue weighted by Gasteiger charge is 2.53. The van der Waals surface area contributed by atoms with Crippen LogP contribution in [0.4, 0.5) is 11.9 Å². The van der Waals surface area contributed by atoms with Crippen LogP contribution in [0.15, 0.2) is 22.2 Å². The van der Waals surface area contributed by atoms with Crippen LogP contribution in [0.5, 0.6) is 0 Å². The number of aromatic nitrogens is 8. The Morgan fingerprint density at radius 3 is 1.63 bits per heavy atom. The molecule has 0 saturated carbocycles. The van der Waals surface area contributed by atoms with Gasteiger partial charge in [-0.3, -0.25) is 46.8 Å². The molecule has 2 fully saturated rings. The first kappa shape index (κ1) is 46.1. The van der Waals surface area contributed by atoms with Gasteiger partial charge in [-0.25, -0.2) is 27.4 Å². The molecule has 35 heteroatoms. The number of imidazole rings is 2. The van der Waals surface area contributed by atoms with Crippen molar-refractivity contribution in [3.8, 4) is 0 Å². The first-order valence-electron chi connectivity index (χ1n) is 16.9. The van der Waals surface area contributed by atoms with Crippen molar-refractivity contribution >= 4 is 65.5 Å². The van der Waals surface area contributed by atoms with Gasteiger partial charge in [-0.2, -0.15) is 8.62 Å². The molecule has 12 atom stereocenters. The summed E-state index contributed by atoms with van der Waals surface area (Å²) in [5.74, 6) is -0.642. The highest BCUT2D eigenvalue weighted by Crippen LogP contribution is 2.68. The molecule has 334 valence electrons. The van der Waals surface area contributed by atoms with E-state index in [1.807, 2.05) is 0 Å². The SMILES string of the molecule is CC(C)OP(=O)(O)OC1[C@@H](COP(=O)(O)OP(=O)(O)OP(=O)(O)OC[C@H]2O[C@@H]([n+]3cn(C)c4c(=O)[nH]c(N)nc43)C(O)C2O)O[C@@H]([n+]2cn(C)c3c(=O)[nH]c(N)nc32)[C@H]1O. The molecule has 0 bridgehead atoms. The minimum atomic E-state index is -6.12. The summed E-state index contributed by atoms with van der Waals surface area (Å²) >= 11 is 0. The molecule has 2 aliphatic rings. The lowest BCUT2D eigenvalue weighted by Crippen LogP contribution is -2.46. The van der Waals surface area contributed by atoms with Crippen LogP contribution in [-0.4, -0.2) is 120 Å². The van der Waals surface area contributed by atoms with Gasteiger partial charge in [0.05, 0.1) is 33.4 Å². The number of aryl methyl sites for hydroxylation is 2. The van der Waals surface area contributed by atoms with Crippen LogP contribution >= 0.6 is 31.3 Å². The van der Waals surface area contributed by atoms with Gasteiger partial charge < -0.3 is 55.8 Å². The van der Waals surface area contributed by atoms with E-state index in [1.54, 1.807) is 0 Å². The van der Waals surface area contributed by atoms with Crippen molar-refractivity contribution in [3.63, 3.8) is 0 Å². The van der Waals surface area contributed by atoms with Gasteiger partial charge in [0.1, 0.15) is 36.6 Å². The number of rotatable bonds is 16. The zero-order valence-corrected chi connectivity index (χ0v) is 34.8. The second-order valence-electron chi connectivity index (χ2n) is 13.5. The van der Waals surface area contributed by atoms with Crippen molar-refractivity contribution in [1.82, 2.24) is 29.1 Å². The number of nitrogen functional groups attached to an aromatic ring is 2. The zero-order chi connectivity index (χ0) is 44.4. The third kappa shape index (κ3) is 9.79. The fourth-order valence-corrected chi connectivity index (χ4v) is 11.0. The molecule has 60 heavy (non-hydrogen) atoms. The van der Waals surface area contributed by atoms with Gasteiger partial charge in [0.2, 0.25) is 23.5 Å². The minimum Gasteiger partial charge on any atom is -0.387 e. The van der Waals surface area contributed by atoms with E-state index in [-0.39, 0.29) is 34.2 Å². The molecule has 0 spiro atoms. The molecule has 2 saturated heterocycles. The number of nitrogens with one attached hydrogen (secondary N) is 2. The van der Waals surface area contributed by atoms with E-state index in [4.69, 9.17) is 34.5 Å². The lowest BCUT2D eigenvalue weighted by molar-refractivity contribution is -0.746. The maximum atomic E-state index is 12.9. The van der Waals surface area contributed by atoms with E-state index in [0.717, 1.165) is 9.13 Å². The Kier molecular flexibility index (Phi) is 12.9. The number of anilines is 2. The molecule has 31 nitrogen and oxygen atoms in total. The quantitative estimate of drug-likeness (QED) is 0.0382. The monoisotopic (exact) mass is 940 g/mol. The van der Waals surface area contributed by atoms with E-state index in [9.17, 15) is 62.7 Å². The Labute approximate surface area is 334 Å². The van der Waals surface area contributed by atoms with Crippen molar-refractivity contribution in [3.05, 3.63) is 33.4 Å². The van der Waals surface area contributed by atoms with Gasteiger partial charge in [-0.1, -0.05) is 9.97 Å². The van der Waals surface area contributed by atoms with Gasteiger partial charge in [0.25, 0.3) is 23.0 Å². The summed E-state index contributed by atoms with van der Waals surface area (Å²) in [6.07, 6.45) is -12.5. The topological polar surface area (TPSA) is 445 Å². The highest BCUT2D eigenvalue weighted by molar-refractivity contribution is 7.66. The molecule has 0 radical (unpaired) electrons. The molecule has 0 aromatic carbocycles. The fraction of sp³-hybridized carbons (Fsp3) is 0.600. The van der Waals surface area contributed by atoms with E-state index in [0.29, 0.717) is 0 Å². The molecule has 13 N–H and O–H groups in total. The summed E-state index contributed by atoms with van der Waals surface area (Å²) in [5.41, 5.74) is 9.63. The number of hydrogen-bond acceptors (Lipinski definition) is 21. The Balaban J connectivity index is 1.12. The van der Waals surface area contributed by atoms with Crippen LogP contribution in [0.25, 0.3) is 22.3 Å². The number of phosphoric ester groups is 3. The number of nitrogens with two attached hydrogens (primary N) is 2. The number of H-pyrrole nitrogens is 2. The smallest absolute Gasteiger partial charge is 0.387 e. The maximum Gasteiger partial charge on any atom is 0.490 e. The van der Waals surface area contributed by atoms with E-state index >= 15 is 0 Å². The fourth-order valence-electron chi connectivity index (χ4n) is 6.32. The van der Waals surface area contributed by atoms with Crippen molar-refractivity contribution in [2.75, 3.05) is 24.7 Å². The molecule has 0 aliphatic carbocycles. The largest absolute Gasteiger partial charge is 0.490 e. The minimum absolute atomic E-state index is 0.00787. The summed E-state index contributed by atoms with van der Waals surface area (Å²) in [6, 6.07) is 0. The average molecular weight is 941 g/mol. The van der Waals surface area contributed by atoms with Crippen LogP contribution in [0.3, 0.4) is 0 Å². The van der Waals surface area contributed by atoms with Gasteiger partial charge in [0, 0.05) is 0 Å². The normalized spacial score (nSPS) is 28.9. The van der Waals surface area contributed by atoms with Crippen LogP contribution in [0.2, 0.25) is 0 Å². The van der Waals surface area contributed by atoms with Gasteiger partial charge in [-0.15, -0.1) is 0 Å². The summed E-state index contributed by atoms with van der Waals surface area (Å²) in [5, 5.41) is 32.5. The third-order valence-corrected chi connectivity index (χ3v) is 14.0. The third-order valence-electron chi connectivity index (χ3n) is 8.59. The van der Waals surface area contributed by atoms with E-state index in [2.05, 4.69) is 33.1 Å². The maximum absolute atomic E-state index is 12.9. The highest BCUT2D eigenvalue weighted by atomic mass is 31.3. The second-order valence-corrected chi connectivity index (χ2v) is 19.5. The van der Waals surface area contributed by atoms with Gasteiger partial charge in [-0.05, 0) is 13.8 Å². The molecule has 6 rings (SSSR count). The lowest BCUT2D eigenvalue weighted by Gasteiger charge is -2.24. The number of ether oxygens (including phenoxy) is 2. The number of aliphatic hydroxyl groups excluding tert-OH is 3. The molecule has 6 heterocycles. The first-order chi connectivity index (χ1) is 27.7. The molecular formula is C25H40N10O21P4+2. The van der Waals surface area contributed by atoms with E-state index in [1.165, 1.54) is 49.7 Å². The zero-order valence-electron chi connectivity index (χ0n) is 31.2. The number of phosphoric acid groups is 4. The van der Waals surface area contributed by atoms with Crippen molar-refractivity contribution in [2.24, 2.45) is 14.1 Å². The number of aromatic amines is 2. The van der Waals surface area contributed by atoms with Crippen molar-refractivity contribution in [1.29, 1.82) is 0 Å². The summed E-state index contributed by atoms with van der Waals surface area (Å²) in [4.78, 5) is 78.5. The molecule has 0 amide bonds. The summed E-state index contributed by atoms with van der Waals surface area (Å²) in [7, 11) is -19.9. The Hall–Kier alpha value is -3.38. The summed E-state index contributed by atoms with van der Waals surface area (Å²) in [6.45, 7) is 0.384. The molecule has 2 aliphatic heterocycles. The molecular weight excluding hydrogens is 900 g/mol. The Morgan fingerprint density at radius 2 is 1.17 bits per heavy atom. The lowest BCUT2D eigenvalue weighted by atomic mass is 10.1. The summed E-state index contributed by atoms with van der Waals surface area (Å²) < 4.78 is 94.6. The molecule has 4 aromatic rings. The number of aliphatic hydroxyl groups is 3. The van der Waals surface area contributed by atoms with Crippen LogP contribution in [0, 0.1) is 0 Å². The number of hydrogen-bond donors (Lipinski definition) is 11. The van der Waals surface area contributed by atoms with E-state index < -0.39 is 111 Å². The molecule has 7 unspecified atom stereocenters. The second kappa shape index (κ2) is 16.7. The van der Waals surface area contributed by atoms with Crippen LogP contribution < -0.4 is 31.7 Å². The Morgan fingerprint density at radius 1 is 0.733 bits per heavy atom. The Bertz CT molecular complexity index is 2600. The van der Waals surface area contributed by atoms with Crippen LogP contribution in [-0.2, 0) is 68.5 Å². The number of fused-ring (bicyclic) bond motifs is 2. The van der Waals surface area contributed by atoms with Gasteiger partial charge in [0.15, 0.2) is 12.7 Å². The first-order valence-corrected chi connectivity index (χ1v) is 22.9. The standard InChI is InChI=1S/C25H38N10O21P4/c1-9(2)53-59(45,46)54-17-11(52-23(16(17)38)35-8-33(4)13-19(35)29-25(27)31-21(13)40)6-50-58(43,44)56-60(47,48)55-57(41,42)49-5-10-14(36)15(37)22(51-10)34-7-32(3)12-18(34)28-24(26)30-20(12)39/h7-11,14-17,22-23,36-38H,5-6H2,1-4H3,(H8-2,26,27,28,29,30,31,39,40,41,42,43,44,45,46,47,48)/p+2/t10-,11-,14?,15?,16+,17?,22-,23-/m1/s1.